The third-order valence-corrected chi connectivity index (χ3v) is 3.40. The minimum Gasteiger partial charge on any atom is -0.324 e. The molecular formula is C12H10F4N2S. The first-order chi connectivity index (χ1) is 8.88. The summed E-state index contributed by atoms with van der Waals surface area (Å²) in [4.78, 5) is 3.98. The van der Waals surface area contributed by atoms with Gasteiger partial charge >= 0.3 is 6.18 Å². The van der Waals surface area contributed by atoms with Crippen LogP contribution in [0.25, 0.3) is 0 Å². The average Bonchev–Trinajstić information content (AvgIpc) is 2.80. The second-order valence-electron chi connectivity index (χ2n) is 3.97. The SMILES string of the molecule is NC(Cc1nccs1)c1cc(C(F)(F)F)ccc1F. The Bertz CT molecular complexity index is 551. The van der Waals surface area contributed by atoms with Crippen molar-refractivity contribution in [3.8, 4) is 0 Å². The minimum absolute atomic E-state index is 0.148. The first kappa shape index (κ1) is 14.0. The maximum absolute atomic E-state index is 13.6. The van der Waals surface area contributed by atoms with Gasteiger partial charge in [-0.2, -0.15) is 13.2 Å². The van der Waals surface area contributed by atoms with E-state index < -0.39 is 23.6 Å². The molecule has 102 valence electrons. The Morgan fingerprint density at radius 2 is 2.05 bits per heavy atom. The standard InChI is InChI=1S/C12H10F4N2S/c13-9-2-1-7(12(14,15)16)5-8(9)10(17)6-11-18-3-4-19-11/h1-5,10H,6,17H2. The number of alkyl halides is 3. The summed E-state index contributed by atoms with van der Waals surface area (Å²) in [6.45, 7) is 0. The Hall–Kier alpha value is -1.47. The van der Waals surface area contributed by atoms with E-state index in [1.54, 1.807) is 11.6 Å². The number of nitrogens with two attached hydrogens (primary N) is 1. The Morgan fingerprint density at radius 3 is 2.63 bits per heavy atom. The predicted octanol–water partition coefficient (Wildman–Crippen LogP) is 3.54. The molecule has 0 aliphatic heterocycles. The van der Waals surface area contributed by atoms with Gasteiger partial charge in [0.25, 0.3) is 0 Å². The van der Waals surface area contributed by atoms with Gasteiger partial charge in [-0.05, 0) is 18.2 Å². The number of halogens is 4. The van der Waals surface area contributed by atoms with Crippen molar-refractivity contribution in [2.75, 3.05) is 0 Å². The number of hydrogen-bond donors (Lipinski definition) is 1. The van der Waals surface area contributed by atoms with Crippen molar-refractivity contribution in [2.45, 2.75) is 18.6 Å². The normalized spacial score (nSPS) is 13.5. The van der Waals surface area contributed by atoms with E-state index in [2.05, 4.69) is 4.98 Å². The van der Waals surface area contributed by atoms with Crippen LogP contribution < -0.4 is 5.73 Å². The molecule has 1 heterocycles. The van der Waals surface area contributed by atoms with Crippen LogP contribution >= 0.6 is 11.3 Å². The second-order valence-corrected chi connectivity index (χ2v) is 4.95. The third-order valence-electron chi connectivity index (χ3n) is 2.60. The van der Waals surface area contributed by atoms with Crippen LogP contribution in [0.2, 0.25) is 0 Å². The van der Waals surface area contributed by atoms with Gasteiger partial charge in [0.15, 0.2) is 0 Å². The zero-order valence-corrected chi connectivity index (χ0v) is 10.4. The van der Waals surface area contributed by atoms with Crippen molar-refractivity contribution in [1.29, 1.82) is 0 Å². The monoisotopic (exact) mass is 290 g/mol. The lowest BCUT2D eigenvalue weighted by molar-refractivity contribution is -0.137. The highest BCUT2D eigenvalue weighted by Crippen LogP contribution is 2.32. The first-order valence-electron chi connectivity index (χ1n) is 5.38. The molecule has 2 nitrogen and oxygen atoms in total. The molecular weight excluding hydrogens is 280 g/mol. The maximum Gasteiger partial charge on any atom is 0.416 e. The topological polar surface area (TPSA) is 38.9 Å². The molecule has 19 heavy (non-hydrogen) atoms. The molecule has 1 aromatic carbocycles. The summed E-state index contributed by atoms with van der Waals surface area (Å²) < 4.78 is 51.3. The summed E-state index contributed by atoms with van der Waals surface area (Å²) in [5.41, 5.74) is 4.71. The van der Waals surface area contributed by atoms with Gasteiger partial charge in [0.05, 0.1) is 10.6 Å². The summed E-state index contributed by atoms with van der Waals surface area (Å²) in [5, 5.41) is 2.38. The summed E-state index contributed by atoms with van der Waals surface area (Å²) >= 11 is 1.33. The van der Waals surface area contributed by atoms with Crippen LogP contribution in [0.5, 0.6) is 0 Å². The van der Waals surface area contributed by atoms with E-state index in [9.17, 15) is 17.6 Å². The van der Waals surface area contributed by atoms with Crippen molar-refractivity contribution in [2.24, 2.45) is 5.73 Å². The van der Waals surface area contributed by atoms with Crippen LogP contribution in [0.1, 0.15) is 22.2 Å². The molecule has 2 rings (SSSR count). The van der Waals surface area contributed by atoms with Gasteiger partial charge in [-0.1, -0.05) is 0 Å². The maximum atomic E-state index is 13.6. The van der Waals surface area contributed by atoms with Gasteiger partial charge in [0, 0.05) is 29.6 Å². The Morgan fingerprint density at radius 1 is 1.32 bits per heavy atom. The molecule has 1 atom stereocenters. The van der Waals surface area contributed by atoms with Crippen LogP contribution in [0.4, 0.5) is 17.6 Å². The van der Waals surface area contributed by atoms with Gasteiger partial charge in [-0.3, -0.25) is 0 Å². The second kappa shape index (κ2) is 5.26. The van der Waals surface area contributed by atoms with E-state index in [0.29, 0.717) is 11.1 Å². The van der Waals surface area contributed by atoms with Crippen molar-refractivity contribution >= 4 is 11.3 Å². The molecule has 0 spiro atoms. The summed E-state index contributed by atoms with van der Waals surface area (Å²) in [6.07, 6.45) is -2.74. The van der Waals surface area contributed by atoms with E-state index in [1.807, 2.05) is 0 Å². The molecule has 1 unspecified atom stereocenters. The fourth-order valence-electron chi connectivity index (χ4n) is 1.66. The number of benzene rings is 1. The lowest BCUT2D eigenvalue weighted by Crippen LogP contribution is -2.16. The van der Waals surface area contributed by atoms with E-state index in [0.717, 1.165) is 12.1 Å². The minimum atomic E-state index is -4.51. The van der Waals surface area contributed by atoms with E-state index >= 15 is 0 Å². The molecule has 0 fully saturated rings. The van der Waals surface area contributed by atoms with Crippen LogP contribution in [0.3, 0.4) is 0 Å². The lowest BCUT2D eigenvalue weighted by Gasteiger charge is -2.14. The molecule has 0 saturated heterocycles. The Labute approximate surface area is 110 Å². The molecule has 2 N–H and O–H groups in total. The average molecular weight is 290 g/mol. The highest BCUT2D eigenvalue weighted by molar-refractivity contribution is 7.09. The zero-order chi connectivity index (χ0) is 14.0. The molecule has 2 aromatic rings. The van der Waals surface area contributed by atoms with Crippen LogP contribution in [0.15, 0.2) is 29.8 Å². The molecule has 0 bridgehead atoms. The molecule has 0 aliphatic carbocycles. The number of aromatic nitrogens is 1. The first-order valence-corrected chi connectivity index (χ1v) is 6.26. The predicted molar refractivity (Wildman–Crippen MR) is 64.1 cm³/mol. The lowest BCUT2D eigenvalue weighted by atomic mass is 10.0. The number of hydrogen-bond acceptors (Lipinski definition) is 3. The van der Waals surface area contributed by atoms with Crippen molar-refractivity contribution in [1.82, 2.24) is 4.98 Å². The number of thiazole rings is 1. The quantitative estimate of drug-likeness (QED) is 0.878. The molecule has 7 heteroatoms. The Kier molecular flexibility index (Phi) is 3.86. The Balaban J connectivity index is 2.28. The zero-order valence-electron chi connectivity index (χ0n) is 9.62. The van der Waals surface area contributed by atoms with Gasteiger partial charge < -0.3 is 5.73 Å². The van der Waals surface area contributed by atoms with Gasteiger partial charge in [-0.25, -0.2) is 9.37 Å². The molecule has 0 saturated carbocycles. The van der Waals surface area contributed by atoms with Crippen molar-refractivity contribution in [3.05, 3.63) is 51.7 Å². The third kappa shape index (κ3) is 3.30. The molecule has 0 amide bonds. The summed E-state index contributed by atoms with van der Waals surface area (Å²) in [7, 11) is 0. The molecule has 0 aliphatic rings. The fraction of sp³-hybridized carbons (Fsp3) is 0.250. The van der Waals surface area contributed by atoms with E-state index in [1.165, 1.54) is 11.3 Å². The largest absolute Gasteiger partial charge is 0.416 e. The fourth-order valence-corrected chi connectivity index (χ4v) is 2.33. The summed E-state index contributed by atoms with van der Waals surface area (Å²) in [5.74, 6) is -0.739. The van der Waals surface area contributed by atoms with Crippen LogP contribution in [0, 0.1) is 5.82 Å². The molecule has 1 aromatic heterocycles. The molecule has 0 radical (unpaired) electrons. The van der Waals surface area contributed by atoms with Gasteiger partial charge in [0.2, 0.25) is 0 Å². The number of rotatable bonds is 3. The van der Waals surface area contributed by atoms with E-state index in [4.69, 9.17) is 5.73 Å². The van der Waals surface area contributed by atoms with Gasteiger partial charge in [-0.15, -0.1) is 11.3 Å². The van der Waals surface area contributed by atoms with Crippen molar-refractivity contribution in [3.63, 3.8) is 0 Å². The smallest absolute Gasteiger partial charge is 0.324 e. The highest BCUT2D eigenvalue weighted by atomic mass is 32.1. The van der Waals surface area contributed by atoms with Crippen LogP contribution in [-0.2, 0) is 12.6 Å². The van der Waals surface area contributed by atoms with Gasteiger partial charge in [0.1, 0.15) is 5.82 Å². The van der Waals surface area contributed by atoms with Crippen molar-refractivity contribution < 1.29 is 17.6 Å². The van der Waals surface area contributed by atoms with Crippen LogP contribution in [-0.4, -0.2) is 4.98 Å². The number of nitrogens with zero attached hydrogens (tertiary/aromatic N) is 1. The highest BCUT2D eigenvalue weighted by Gasteiger charge is 2.31. The van der Waals surface area contributed by atoms with E-state index in [-0.39, 0.29) is 12.0 Å². The summed E-state index contributed by atoms with van der Waals surface area (Å²) in [6, 6.07) is 1.40.